The van der Waals surface area contributed by atoms with Crippen LogP contribution in [0.4, 0.5) is 4.39 Å². The van der Waals surface area contributed by atoms with Gasteiger partial charge in [0.25, 0.3) is 0 Å². The fourth-order valence-corrected chi connectivity index (χ4v) is 4.94. The van der Waals surface area contributed by atoms with Crippen molar-refractivity contribution in [3.8, 4) is 6.07 Å². The van der Waals surface area contributed by atoms with Gasteiger partial charge in [-0.05, 0) is 98.7 Å². The number of nitrogens with zero attached hydrogens (tertiary/aromatic N) is 2. The van der Waals surface area contributed by atoms with Crippen LogP contribution in [0.2, 0.25) is 0 Å². The van der Waals surface area contributed by atoms with Crippen LogP contribution in [0, 0.1) is 17.1 Å². The number of hydrogen-bond acceptors (Lipinski definition) is 4. The average molecular weight is 433 g/mol. The number of nitriles is 1. The minimum atomic E-state index is -0.502. The Bertz CT molecular complexity index is 1090. The fraction of sp³-hybridized carbons (Fsp3) is 0.269. The molecule has 1 heterocycles. The van der Waals surface area contributed by atoms with E-state index in [2.05, 4.69) is 55.4 Å². The van der Waals surface area contributed by atoms with Gasteiger partial charge in [0.05, 0.1) is 18.2 Å². The molecule has 0 unspecified atom stereocenters. The van der Waals surface area contributed by atoms with Crippen LogP contribution in [-0.4, -0.2) is 25.5 Å². The highest BCUT2D eigenvalue weighted by atomic mass is 32.2. The van der Waals surface area contributed by atoms with Gasteiger partial charge < -0.3 is 9.64 Å². The van der Waals surface area contributed by atoms with Crippen molar-refractivity contribution in [3.63, 3.8) is 0 Å². The van der Waals surface area contributed by atoms with E-state index >= 15 is 0 Å². The molecule has 5 heteroatoms. The number of halogens is 1. The van der Waals surface area contributed by atoms with Crippen LogP contribution in [0.25, 0.3) is 0 Å². The molecule has 3 aromatic rings. The van der Waals surface area contributed by atoms with E-state index in [4.69, 9.17) is 4.74 Å². The minimum absolute atomic E-state index is 0.226. The van der Waals surface area contributed by atoms with Gasteiger partial charge in [-0.25, -0.2) is 4.39 Å². The summed E-state index contributed by atoms with van der Waals surface area (Å²) in [5.74, 6) is -0.226. The largest absolute Gasteiger partial charge is 0.361 e. The first-order valence-corrected chi connectivity index (χ1v) is 11.2. The van der Waals surface area contributed by atoms with Crippen LogP contribution in [0.15, 0.2) is 76.5 Å². The summed E-state index contributed by atoms with van der Waals surface area (Å²) < 4.78 is 19.6. The highest BCUT2D eigenvalue weighted by molar-refractivity contribution is 7.99. The first-order chi connectivity index (χ1) is 15.0. The molecule has 0 amide bonds. The lowest BCUT2D eigenvalue weighted by molar-refractivity contribution is -0.0140. The Morgan fingerprint density at radius 2 is 1.71 bits per heavy atom. The second kappa shape index (κ2) is 9.23. The zero-order chi connectivity index (χ0) is 21.8. The normalized spacial score (nSPS) is 17.5. The van der Waals surface area contributed by atoms with Crippen molar-refractivity contribution in [2.45, 2.75) is 34.8 Å². The topological polar surface area (TPSA) is 36.3 Å². The summed E-state index contributed by atoms with van der Waals surface area (Å²) in [6.07, 6.45) is 1.87. The van der Waals surface area contributed by atoms with Crippen molar-refractivity contribution in [2.24, 2.45) is 0 Å². The predicted octanol–water partition coefficient (Wildman–Crippen LogP) is 5.96. The predicted molar refractivity (Wildman–Crippen MR) is 121 cm³/mol. The number of ether oxygens (including phenoxy) is 1. The van der Waals surface area contributed by atoms with Gasteiger partial charge in [0.2, 0.25) is 0 Å². The van der Waals surface area contributed by atoms with E-state index in [-0.39, 0.29) is 5.82 Å². The molecule has 3 nitrogen and oxygen atoms in total. The minimum Gasteiger partial charge on any atom is -0.361 e. The lowest BCUT2D eigenvalue weighted by atomic mass is 9.81. The van der Waals surface area contributed by atoms with Crippen molar-refractivity contribution in [1.29, 1.82) is 5.26 Å². The maximum Gasteiger partial charge on any atom is 0.123 e. The lowest BCUT2D eigenvalue weighted by Gasteiger charge is -2.31. The summed E-state index contributed by atoms with van der Waals surface area (Å²) in [6, 6.07) is 23.1. The Kier molecular flexibility index (Phi) is 6.43. The Morgan fingerprint density at radius 1 is 1.03 bits per heavy atom. The van der Waals surface area contributed by atoms with Gasteiger partial charge in [-0.15, -0.1) is 0 Å². The van der Waals surface area contributed by atoms with E-state index in [0.717, 1.165) is 45.9 Å². The highest BCUT2D eigenvalue weighted by Gasteiger charge is 2.41. The molecule has 1 atom stereocenters. The van der Waals surface area contributed by atoms with Crippen LogP contribution in [-0.2, 0) is 16.9 Å². The first kappa shape index (κ1) is 21.6. The number of benzene rings is 3. The van der Waals surface area contributed by atoms with Crippen LogP contribution < -0.4 is 0 Å². The Morgan fingerprint density at radius 3 is 2.35 bits per heavy atom. The molecule has 0 saturated carbocycles. The van der Waals surface area contributed by atoms with E-state index in [9.17, 15) is 9.65 Å². The van der Waals surface area contributed by atoms with Crippen LogP contribution in [0.5, 0.6) is 0 Å². The highest BCUT2D eigenvalue weighted by Crippen LogP contribution is 2.46. The molecular formula is C26H25FN2OS. The van der Waals surface area contributed by atoms with Gasteiger partial charge in [-0.1, -0.05) is 30.0 Å². The molecule has 3 aromatic carbocycles. The van der Waals surface area contributed by atoms with Crippen molar-refractivity contribution >= 4 is 11.8 Å². The third kappa shape index (κ3) is 4.67. The van der Waals surface area contributed by atoms with Gasteiger partial charge in [0.15, 0.2) is 0 Å². The third-order valence-corrected chi connectivity index (χ3v) is 6.66. The molecule has 0 spiro atoms. The van der Waals surface area contributed by atoms with Gasteiger partial charge in [-0.3, -0.25) is 0 Å². The molecule has 0 bridgehead atoms. The van der Waals surface area contributed by atoms with Crippen molar-refractivity contribution in [3.05, 3.63) is 94.8 Å². The number of hydrogen-bond donors (Lipinski definition) is 0. The molecule has 0 radical (unpaired) electrons. The molecule has 0 N–H and O–H groups in total. The molecule has 4 rings (SSSR count). The number of rotatable bonds is 7. The standard InChI is InChI=1S/C26H25FN2OS/c1-29(2)15-3-14-26(25-13-4-19(17-28)16-20(25)18-30-26)21-5-9-23(10-6-21)31-24-11-7-22(27)8-12-24/h4-13,16H,3,14-15,18H2,1-2H3/t26-/m1/s1. The van der Waals surface area contributed by atoms with Crippen molar-refractivity contribution < 1.29 is 9.13 Å². The smallest absolute Gasteiger partial charge is 0.123 e. The van der Waals surface area contributed by atoms with Crippen LogP contribution in [0.3, 0.4) is 0 Å². The Hall–Kier alpha value is -2.65. The molecule has 158 valence electrons. The van der Waals surface area contributed by atoms with E-state index < -0.39 is 5.60 Å². The monoisotopic (exact) mass is 432 g/mol. The zero-order valence-electron chi connectivity index (χ0n) is 17.8. The molecular weight excluding hydrogens is 407 g/mol. The van der Waals surface area contributed by atoms with E-state index in [1.54, 1.807) is 23.9 Å². The fourth-order valence-electron chi connectivity index (χ4n) is 4.12. The summed E-state index contributed by atoms with van der Waals surface area (Å²) in [5, 5.41) is 9.27. The van der Waals surface area contributed by atoms with E-state index in [1.165, 1.54) is 12.1 Å². The summed E-state index contributed by atoms with van der Waals surface area (Å²) in [4.78, 5) is 4.28. The second-order valence-corrected chi connectivity index (χ2v) is 9.23. The maximum absolute atomic E-state index is 13.2. The van der Waals surface area contributed by atoms with Gasteiger partial charge in [0.1, 0.15) is 11.4 Å². The summed E-state index contributed by atoms with van der Waals surface area (Å²) in [6.45, 7) is 1.49. The Labute approximate surface area is 187 Å². The summed E-state index contributed by atoms with van der Waals surface area (Å²) >= 11 is 1.61. The maximum atomic E-state index is 13.2. The molecule has 31 heavy (non-hydrogen) atoms. The van der Waals surface area contributed by atoms with Gasteiger partial charge >= 0.3 is 0 Å². The molecule has 0 fully saturated rings. The molecule has 1 aliphatic rings. The second-order valence-electron chi connectivity index (χ2n) is 8.09. The summed E-state index contributed by atoms with van der Waals surface area (Å²) in [5.41, 5.74) is 3.53. The SMILES string of the molecule is CN(C)CCC[C@]1(c2ccc(Sc3ccc(F)cc3)cc2)OCc2cc(C#N)ccc21. The van der Waals surface area contributed by atoms with Crippen LogP contribution >= 0.6 is 11.8 Å². The molecule has 0 saturated heterocycles. The first-order valence-electron chi connectivity index (χ1n) is 10.4. The summed E-state index contributed by atoms with van der Waals surface area (Å²) in [7, 11) is 4.16. The zero-order valence-corrected chi connectivity index (χ0v) is 18.6. The average Bonchev–Trinajstić information content (AvgIpc) is 3.14. The number of fused-ring (bicyclic) bond motifs is 1. The van der Waals surface area contributed by atoms with E-state index in [0.29, 0.717) is 12.2 Å². The van der Waals surface area contributed by atoms with Crippen molar-refractivity contribution in [2.75, 3.05) is 20.6 Å². The lowest BCUT2D eigenvalue weighted by Crippen LogP contribution is -2.28. The molecule has 0 aromatic heterocycles. The van der Waals surface area contributed by atoms with Crippen LogP contribution in [0.1, 0.15) is 35.1 Å². The van der Waals surface area contributed by atoms with Gasteiger partial charge in [-0.2, -0.15) is 5.26 Å². The quantitative estimate of drug-likeness (QED) is 0.461. The third-order valence-electron chi connectivity index (χ3n) is 5.65. The molecule has 0 aliphatic carbocycles. The molecule has 1 aliphatic heterocycles. The van der Waals surface area contributed by atoms with Crippen molar-refractivity contribution in [1.82, 2.24) is 4.90 Å². The Balaban J connectivity index is 1.64. The van der Waals surface area contributed by atoms with E-state index in [1.807, 2.05) is 12.1 Å². The van der Waals surface area contributed by atoms with Gasteiger partial charge in [0, 0.05) is 9.79 Å².